The second-order valence-electron chi connectivity index (χ2n) is 3.72. The van der Waals surface area contributed by atoms with Crippen molar-refractivity contribution in [3.63, 3.8) is 0 Å². The van der Waals surface area contributed by atoms with Crippen molar-refractivity contribution in [3.8, 4) is 0 Å². The van der Waals surface area contributed by atoms with Crippen molar-refractivity contribution in [2.45, 2.75) is 25.7 Å². The van der Waals surface area contributed by atoms with E-state index in [-0.39, 0.29) is 5.82 Å². The van der Waals surface area contributed by atoms with E-state index >= 15 is 0 Å². The molecule has 4 N–H and O–H groups in total. The maximum Gasteiger partial charge on any atom is 0.123 e. The molecule has 0 atom stereocenters. The summed E-state index contributed by atoms with van der Waals surface area (Å²) in [5.41, 5.74) is 6.95. The molecule has 1 aromatic carbocycles. The van der Waals surface area contributed by atoms with Gasteiger partial charge >= 0.3 is 0 Å². The molecule has 16 heavy (non-hydrogen) atoms. The molecule has 0 unspecified atom stereocenters. The number of anilines is 1. The van der Waals surface area contributed by atoms with E-state index in [4.69, 9.17) is 16.6 Å². The highest BCUT2D eigenvalue weighted by molar-refractivity contribution is 6.40. The van der Waals surface area contributed by atoms with Crippen molar-refractivity contribution in [2.24, 2.45) is 0 Å². The molecule has 0 amide bonds. The molecule has 1 aliphatic carbocycles. The second-order valence-corrected chi connectivity index (χ2v) is 3.72. The molecule has 0 heterocycles. The molecule has 0 radical (unpaired) electrons. The number of halogens is 1. The predicted octanol–water partition coefficient (Wildman–Crippen LogP) is 3.01. The van der Waals surface area contributed by atoms with Gasteiger partial charge in [0.15, 0.2) is 0 Å². The molecule has 86 valence electrons. The quantitative estimate of drug-likeness (QED) is 0.579. The van der Waals surface area contributed by atoms with E-state index in [2.05, 4.69) is 0 Å². The molecular formula is C12H16FN3. The maximum atomic E-state index is 12.0. The van der Waals surface area contributed by atoms with E-state index in [0.29, 0.717) is 17.1 Å². The Balaban J connectivity index is 0.000000160. The summed E-state index contributed by atoms with van der Waals surface area (Å²) in [6.07, 6.45) is 3.89. The number of nitrogen functional groups attached to an aromatic ring is 1. The van der Waals surface area contributed by atoms with Crippen molar-refractivity contribution in [3.05, 3.63) is 30.1 Å². The van der Waals surface area contributed by atoms with Crippen LogP contribution in [0.25, 0.3) is 0 Å². The van der Waals surface area contributed by atoms with Gasteiger partial charge in [0.05, 0.1) is 11.4 Å². The predicted molar refractivity (Wildman–Crippen MR) is 64.7 cm³/mol. The van der Waals surface area contributed by atoms with Crippen LogP contribution >= 0.6 is 0 Å². The summed E-state index contributed by atoms with van der Waals surface area (Å²) in [6, 6.07) is 5.70. The van der Waals surface area contributed by atoms with Crippen molar-refractivity contribution in [1.82, 2.24) is 0 Å². The van der Waals surface area contributed by atoms with E-state index in [1.54, 1.807) is 0 Å². The third-order valence-electron chi connectivity index (χ3n) is 2.34. The van der Waals surface area contributed by atoms with Crippen LogP contribution in [0.3, 0.4) is 0 Å². The van der Waals surface area contributed by atoms with Crippen LogP contribution in [0, 0.1) is 16.6 Å². The van der Waals surface area contributed by atoms with Gasteiger partial charge < -0.3 is 16.6 Å². The molecule has 4 heteroatoms. The zero-order valence-corrected chi connectivity index (χ0v) is 9.09. The van der Waals surface area contributed by atoms with Crippen LogP contribution in [0.1, 0.15) is 25.7 Å². The summed E-state index contributed by atoms with van der Waals surface area (Å²) >= 11 is 0. The lowest BCUT2D eigenvalue weighted by molar-refractivity contribution is 0.628. The first kappa shape index (κ1) is 12.4. The molecule has 0 aliphatic heterocycles. The average molecular weight is 221 g/mol. The zero-order chi connectivity index (χ0) is 12.0. The molecule has 0 saturated heterocycles. The maximum absolute atomic E-state index is 12.0. The van der Waals surface area contributed by atoms with Gasteiger partial charge in [0.25, 0.3) is 0 Å². The highest BCUT2D eigenvalue weighted by Gasteiger charge is 2.09. The lowest BCUT2D eigenvalue weighted by Gasteiger charge is -2.10. The van der Waals surface area contributed by atoms with Gasteiger partial charge in [-0.1, -0.05) is 0 Å². The minimum atomic E-state index is -0.251. The summed E-state index contributed by atoms with van der Waals surface area (Å²) in [5, 5.41) is 14.3. The average Bonchev–Trinajstić information content (AvgIpc) is 2.28. The topological polar surface area (TPSA) is 73.7 Å². The van der Waals surface area contributed by atoms with Gasteiger partial charge in [-0.2, -0.15) is 0 Å². The summed E-state index contributed by atoms with van der Waals surface area (Å²) in [7, 11) is 0. The van der Waals surface area contributed by atoms with Crippen molar-refractivity contribution in [2.75, 3.05) is 5.73 Å². The summed E-state index contributed by atoms with van der Waals surface area (Å²) in [5.74, 6) is -0.251. The Hall–Kier alpha value is -1.71. The lowest BCUT2D eigenvalue weighted by atomic mass is 9.97. The fourth-order valence-corrected chi connectivity index (χ4v) is 1.37. The molecule has 0 spiro atoms. The molecule has 1 aliphatic rings. The third kappa shape index (κ3) is 4.21. The van der Waals surface area contributed by atoms with Gasteiger partial charge in [-0.05, 0) is 49.9 Å². The van der Waals surface area contributed by atoms with Gasteiger partial charge in [-0.15, -0.1) is 0 Å². The Morgan fingerprint density at radius 3 is 1.69 bits per heavy atom. The lowest BCUT2D eigenvalue weighted by Crippen LogP contribution is -2.15. The van der Waals surface area contributed by atoms with Gasteiger partial charge in [-0.25, -0.2) is 4.39 Å². The molecule has 3 nitrogen and oxygen atoms in total. The van der Waals surface area contributed by atoms with Gasteiger partial charge in [-0.3, -0.25) is 0 Å². The Kier molecular flexibility index (Phi) is 4.64. The van der Waals surface area contributed by atoms with Crippen LogP contribution in [0.5, 0.6) is 0 Å². The fraction of sp³-hybridized carbons (Fsp3) is 0.333. The van der Waals surface area contributed by atoms with Crippen LogP contribution in [-0.4, -0.2) is 11.4 Å². The van der Waals surface area contributed by atoms with Crippen molar-refractivity contribution >= 4 is 17.1 Å². The van der Waals surface area contributed by atoms with Crippen molar-refractivity contribution < 1.29 is 4.39 Å². The summed E-state index contributed by atoms with van der Waals surface area (Å²) in [4.78, 5) is 0. The van der Waals surface area contributed by atoms with Crippen LogP contribution in [-0.2, 0) is 0 Å². The van der Waals surface area contributed by atoms with E-state index in [0.717, 1.165) is 25.7 Å². The first-order valence-corrected chi connectivity index (χ1v) is 5.26. The Morgan fingerprint density at radius 1 is 0.938 bits per heavy atom. The summed E-state index contributed by atoms with van der Waals surface area (Å²) in [6.45, 7) is 0. The Labute approximate surface area is 94.5 Å². The minimum absolute atomic E-state index is 0.251. The highest BCUT2D eigenvalue weighted by atomic mass is 19.1. The van der Waals surface area contributed by atoms with Crippen molar-refractivity contribution in [1.29, 1.82) is 10.8 Å². The largest absolute Gasteiger partial charge is 0.399 e. The zero-order valence-electron chi connectivity index (χ0n) is 9.09. The minimum Gasteiger partial charge on any atom is -0.399 e. The molecule has 1 saturated carbocycles. The summed E-state index contributed by atoms with van der Waals surface area (Å²) < 4.78 is 12.0. The molecule has 0 aromatic heterocycles. The second kappa shape index (κ2) is 6.00. The normalized spacial score (nSPS) is 15.3. The molecule has 1 fully saturated rings. The van der Waals surface area contributed by atoms with Gasteiger partial charge in [0.1, 0.15) is 5.82 Å². The van der Waals surface area contributed by atoms with E-state index < -0.39 is 0 Å². The first-order valence-electron chi connectivity index (χ1n) is 5.26. The number of nitrogens with two attached hydrogens (primary N) is 1. The van der Waals surface area contributed by atoms with Crippen LogP contribution < -0.4 is 5.73 Å². The standard InChI is InChI=1S/C6H6FN.C6H10N2/c7-5-1-3-6(8)4-2-5;7-5-3-1-2-4-6(5)8/h1-4H,8H2;7-8H,1-4H2. The number of hydrogen-bond donors (Lipinski definition) is 3. The molecule has 0 bridgehead atoms. The molecule has 2 rings (SSSR count). The van der Waals surface area contributed by atoms with Gasteiger partial charge in [0.2, 0.25) is 0 Å². The molecular weight excluding hydrogens is 205 g/mol. The van der Waals surface area contributed by atoms with Crippen LogP contribution in [0.4, 0.5) is 10.1 Å². The molecule has 1 aromatic rings. The third-order valence-corrected chi connectivity index (χ3v) is 2.34. The smallest absolute Gasteiger partial charge is 0.123 e. The van der Waals surface area contributed by atoms with Crippen LogP contribution in [0.15, 0.2) is 24.3 Å². The Bertz CT molecular complexity index is 333. The first-order chi connectivity index (χ1) is 7.59. The SMILES string of the molecule is N=C1CCCCC1=N.Nc1ccc(F)cc1. The van der Waals surface area contributed by atoms with E-state index in [1.807, 2.05) is 0 Å². The number of nitrogens with one attached hydrogen (secondary N) is 2. The van der Waals surface area contributed by atoms with Crippen LogP contribution in [0.2, 0.25) is 0 Å². The monoisotopic (exact) mass is 221 g/mol. The van der Waals surface area contributed by atoms with E-state index in [9.17, 15) is 4.39 Å². The number of rotatable bonds is 0. The van der Waals surface area contributed by atoms with E-state index in [1.165, 1.54) is 24.3 Å². The Morgan fingerprint density at radius 2 is 1.38 bits per heavy atom. The number of benzene rings is 1. The fourth-order valence-electron chi connectivity index (χ4n) is 1.37. The van der Waals surface area contributed by atoms with Gasteiger partial charge in [0, 0.05) is 5.69 Å². The number of hydrogen-bond acceptors (Lipinski definition) is 3. The highest BCUT2D eigenvalue weighted by Crippen LogP contribution is 2.10.